The van der Waals surface area contributed by atoms with Gasteiger partial charge in [-0.3, -0.25) is 9.78 Å². The molecule has 15 heavy (non-hydrogen) atoms. The number of hydrogen-bond acceptors (Lipinski definition) is 3. The second kappa shape index (κ2) is 5.66. The summed E-state index contributed by atoms with van der Waals surface area (Å²) in [6, 6.07) is 1.37. The predicted octanol–water partition coefficient (Wildman–Crippen LogP) is 0.930. The molecule has 0 fully saturated rings. The van der Waals surface area contributed by atoms with Crippen LogP contribution in [0.3, 0.4) is 0 Å². The Kier molecular flexibility index (Phi) is 4.17. The Morgan fingerprint density at radius 1 is 1.60 bits per heavy atom. The summed E-state index contributed by atoms with van der Waals surface area (Å²) >= 11 is 0. The van der Waals surface area contributed by atoms with E-state index < -0.39 is 0 Å². The molecule has 0 bridgehead atoms. The van der Waals surface area contributed by atoms with Crippen molar-refractivity contribution in [1.29, 1.82) is 0 Å². The van der Waals surface area contributed by atoms with Gasteiger partial charge in [-0.15, -0.1) is 11.8 Å². The molecule has 1 rings (SSSR count). The van der Waals surface area contributed by atoms with Crippen LogP contribution in [0, 0.1) is 11.8 Å². The summed E-state index contributed by atoms with van der Waals surface area (Å²) in [7, 11) is 0. The molecule has 0 aliphatic rings. The number of nitrogens with one attached hydrogen (secondary N) is 1. The minimum absolute atomic E-state index is 0.0176. The standard InChI is InChI=1S/C11H12N2O2/c1-2-3-4-5-13-11(15)9-6-10(14)8-12-7-9/h6-8,14H,4-5H2,1H3,(H,13,15). The zero-order valence-electron chi connectivity index (χ0n) is 8.45. The van der Waals surface area contributed by atoms with Crippen molar-refractivity contribution in [2.24, 2.45) is 0 Å². The smallest absolute Gasteiger partial charge is 0.253 e. The van der Waals surface area contributed by atoms with Crippen LogP contribution in [0.4, 0.5) is 0 Å². The molecule has 2 N–H and O–H groups in total. The van der Waals surface area contributed by atoms with Crippen molar-refractivity contribution < 1.29 is 9.90 Å². The molecule has 1 heterocycles. The van der Waals surface area contributed by atoms with Gasteiger partial charge in [-0.05, 0) is 13.0 Å². The molecule has 0 atom stereocenters. The minimum Gasteiger partial charge on any atom is -0.506 e. The van der Waals surface area contributed by atoms with Gasteiger partial charge >= 0.3 is 0 Å². The third kappa shape index (κ3) is 3.69. The molecular weight excluding hydrogens is 192 g/mol. The molecule has 4 nitrogen and oxygen atoms in total. The molecule has 0 saturated heterocycles. The molecule has 0 aromatic carbocycles. The number of amides is 1. The fourth-order valence-electron chi connectivity index (χ4n) is 1.02. The van der Waals surface area contributed by atoms with Gasteiger partial charge in [-0.25, -0.2) is 0 Å². The van der Waals surface area contributed by atoms with Crippen LogP contribution in [0.2, 0.25) is 0 Å². The van der Waals surface area contributed by atoms with Gasteiger partial charge in [-0.2, -0.15) is 0 Å². The van der Waals surface area contributed by atoms with Gasteiger partial charge in [0.05, 0.1) is 11.8 Å². The molecule has 0 saturated carbocycles. The van der Waals surface area contributed by atoms with Gasteiger partial charge in [-0.1, -0.05) is 0 Å². The Bertz CT molecular complexity index is 405. The van der Waals surface area contributed by atoms with Crippen LogP contribution in [0.5, 0.6) is 5.75 Å². The number of pyridine rings is 1. The quantitative estimate of drug-likeness (QED) is 0.568. The van der Waals surface area contributed by atoms with Crippen molar-refractivity contribution in [2.45, 2.75) is 13.3 Å². The zero-order valence-corrected chi connectivity index (χ0v) is 8.45. The van der Waals surface area contributed by atoms with Crippen LogP contribution >= 0.6 is 0 Å². The number of aromatic hydroxyl groups is 1. The minimum atomic E-state index is -0.253. The average Bonchev–Trinajstić information content (AvgIpc) is 2.24. The summed E-state index contributed by atoms with van der Waals surface area (Å²) in [5.41, 5.74) is 0.347. The summed E-state index contributed by atoms with van der Waals surface area (Å²) in [5.74, 6) is 5.30. The first-order valence-corrected chi connectivity index (χ1v) is 4.56. The highest BCUT2D eigenvalue weighted by Gasteiger charge is 2.04. The van der Waals surface area contributed by atoms with E-state index in [-0.39, 0.29) is 11.7 Å². The maximum absolute atomic E-state index is 11.4. The van der Waals surface area contributed by atoms with E-state index >= 15 is 0 Å². The SMILES string of the molecule is CC#CCCNC(=O)c1cncc(O)c1. The van der Waals surface area contributed by atoms with E-state index in [0.717, 1.165) is 0 Å². The van der Waals surface area contributed by atoms with E-state index in [0.29, 0.717) is 18.5 Å². The van der Waals surface area contributed by atoms with Crippen molar-refractivity contribution in [2.75, 3.05) is 6.54 Å². The summed E-state index contributed by atoms with van der Waals surface area (Å²) < 4.78 is 0. The Hall–Kier alpha value is -2.02. The molecule has 0 radical (unpaired) electrons. The van der Waals surface area contributed by atoms with Crippen molar-refractivity contribution in [3.8, 4) is 17.6 Å². The summed E-state index contributed by atoms with van der Waals surface area (Å²) in [6.07, 6.45) is 3.30. The van der Waals surface area contributed by atoms with Gasteiger partial charge in [0.1, 0.15) is 5.75 Å². The van der Waals surface area contributed by atoms with Gasteiger partial charge in [0, 0.05) is 19.2 Å². The van der Waals surface area contributed by atoms with E-state index in [1.54, 1.807) is 6.92 Å². The van der Waals surface area contributed by atoms with Crippen molar-refractivity contribution >= 4 is 5.91 Å². The molecule has 0 aliphatic heterocycles. The molecule has 1 aromatic heterocycles. The van der Waals surface area contributed by atoms with Gasteiger partial charge in [0.25, 0.3) is 5.91 Å². The normalized spacial score (nSPS) is 8.87. The van der Waals surface area contributed by atoms with E-state index in [9.17, 15) is 4.79 Å². The third-order valence-corrected chi connectivity index (χ3v) is 1.70. The lowest BCUT2D eigenvalue weighted by molar-refractivity contribution is 0.0954. The molecule has 0 spiro atoms. The monoisotopic (exact) mass is 204 g/mol. The van der Waals surface area contributed by atoms with Crippen LogP contribution in [-0.4, -0.2) is 22.5 Å². The van der Waals surface area contributed by atoms with E-state index in [1.807, 2.05) is 0 Å². The molecule has 4 heteroatoms. The predicted molar refractivity (Wildman–Crippen MR) is 56.3 cm³/mol. The Morgan fingerprint density at radius 3 is 3.07 bits per heavy atom. The third-order valence-electron chi connectivity index (χ3n) is 1.70. The first-order chi connectivity index (χ1) is 7.24. The number of carbonyl (C=O) groups excluding carboxylic acids is 1. The van der Waals surface area contributed by atoms with Crippen molar-refractivity contribution in [1.82, 2.24) is 10.3 Å². The van der Waals surface area contributed by atoms with Gasteiger partial charge in [0.2, 0.25) is 0 Å². The number of rotatable bonds is 3. The maximum atomic E-state index is 11.4. The molecule has 78 valence electrons. The van der Waals surface area contributed by atoms with Crippen molar-refractivity contribution in [3.05, 3.63) is 24.0 Å². The number of carbonyl (C=O) groups is 1. The molecule has 1 aromatic rings. The van der Waals surface area contributed by atoms with Crippen molar-refractivity contribution in [3.63, 3.8) is 0 Å². The molecule has 0 aliphatic carbocycles. The lowest BCUT2D eigenvalue weighted by Crippen LogP contribution is -2.24. The highest BCUT2D eigenvalue weighted by molar-refractivity contribution is 5.94. The van der Waals surface area contributed by atoms with E-state index in [2.05, 4.69) is 22.1 Å². The second-order valence-electron chi connectivity index (χ2n) is 2.86. The second-order valence-corrected chi connectivity index (χ2v) is 2.86. The summed E-state index contributed by atoms with van der Waals surface area (Å²) in [5, 5.41) is 11.8. The summed E-state index contributed by atoms with van der Waals surface area (Å²) in [6.45, 7) is 2.25. The highest BCUT2D eigenvalue weighted by Crippen LogP contribution is 2.07. The molecular formula is C11H12N2O2. The summed E-state index contributed by atoms with van der Waals surface area (Å²) in [4.78, 5) is 15.2. The first-order valence-electron chi connectivity index (χ1n) is 4.56. The average molecular weight is 204 g/mol. The maximum Gasteiger partial charge on any atom is 0.253 e. The Labute approximate surface area is 88.3 Å². The number of hydrogen-bond donors (Lipinski definition) is 2. The van der Waals surface area contributed by atoms with Crippen LogP contribution in [0.15, 0.2) is 18.5 Å². The Balaban J connectivity index is 2.49. The largest absolute Gasteiger partial charge is 0.506 e. The van der Waals surface area contributed by atoms with Crippen LogP contribution in [0.25, 0.3) is 0 Å². The number of aromatic nitrogens is 1. The fraction of sp³-hybridized carbons (Fsp3) is 0.273. The van der Waals surface area contributed by atoms with Crippen LogP contribution < -0.4 is 5.32 Å². The van der Waals surface area contributed by atoms with Gasteiger partial charge in [0.15, 0.2) is 0 Å². The zero-order chi connectivity index (χ0) is 11.1. The first kappa shape index (κ1) is 11.1. The highest BCUT2D eigenvalue weighted by atomic mass is 16.3. The fourth-order valence-corrected chi connectivity index (χ4v) is 1.02. The van der Waals surface area contributed by atoms with E-state index in [1.165, 1.54) is 18.5 Å². The Morgan fingerprint density at radius 2 is 2.40 bits per heavy atom. The van der Waals surface area contributed by atoms with Gasteiger partial charge < -0.3 is 10.4 Å². The topological polar surface area (TPSA) is 62.2 Å². The number of nitrogens with zero attached hydrogens (tertiary/aromatic N) is 1. The molecule has 1 amide bonds. The lowest BCUT2D eigenvalue weighted by atomic mass is 10.2. The van der Waals surface area contributed by atoms with Crippen LogP contribution in [-0.2, 0) is 0 Å². The van der Waals surface area contributed by atoms with E-state index in [4.69, 9.17) is 5.11 Å². The van der Waals surface area contributed by atoms with Crippen LogP contribution in [0.1, 0.15) is 23.7 Å². The molecule has 0 unspecified atom stereocenters. The lowest BCUT2D eigenvalue weighted by Gasteiger charge is -2.02.